The van der Waals surface area contributed by atoms with Crippen LogP contribution in [0.15, 0.2) is 41.0 Å². The smallest absolute Gasteiger partial charge is 0.136 e. The van der Waals surface area contributed by atoms with Crippen molar-refractivity contribution in [2.75, 3.05) is 4.90 Å². The van der Waals surface area contributed by atoms with Crippen LogP contribution in [0.2, 0.25) is 0 Å². The SMILES string of the molecule is Cc1cc(Br)cnc1N1c2ccccc2CCC1C. The van der Waals surface area contributed by atoms with Crippen LogP contribution in [-0.4, -0.2) is 11.0 Å². The zero-order valence-electron chi connectivity index (χ0n) is 11.2. The van der Waals surface area contributed by atoms with Gasteiger partial charge in [-0.2, -0.15) is 0 Å². The van der Waals surface area contributed by atoms with Crippen LogP contribution in [0.4, 0.5) is 11.5 Å². The van der Waals surface area contributed by atoms with E-state index in [2.05, 4.69) is 70.0 Å². The van der Waals surface area contributed by atoms with Gasteiger partial charge in [0.05, 0.1) is 0 Å². The molecule has 0 aliphatic carbocycles. The van der Waals surface area contributed by atoms with Gasteiger partial charge in [0, 0.05) is 22.4 Å². The van der Waals surface area contributed by atoms with Gasteiger partial charge in [-0.1, -0.05) is 18.2 Å². The number of hydrogen-bond acceptors (Lipinski definition) is 2. The molecule has 3 heteroatoms. The van der Waals surface area contributed by atoms with Gasteiger partial charge in [0.15, 0.2) is 0 Å². The molecule has 0 amide bonds. The summed E-state index contributed by atoms with van der Waals surface area (Å²) in [6, 6.07) is 11.3. The molecule has 1 atom stereocenters. The Bertz CT molecular complexity index is 609. The Labute approximate surface area is 122 Å². The molecule has 0 bridgehead atoms. The van der Waals surface area contributed by atoms with Crippen LogP contribution in [0.3, 0.4) is 0 Å². The van der Waals surface area contributed by atoms with Crippen LogP contribution in [-0.2, 0) is 6.42 Å². The van der Waals surface area contributed by atoms with E-state index in [1.54, 1.807) is 0 Å². The first-order valence-corrected chi connectivity index (χ1v) is 7.45. The molecule has 1 unspecified atom stereocenters. The Kier molecular flexibility index (Phi) is 3.31. The number of hydrogen-bond donors (Lipinski definition) is 0. The Balaban J connectivity index is 2.13. The first-order chi connectivity index (χ1) is 9.16. The Morgan fingerprint density at radius 3 is 2.89 bits per heavy atom. The summed E-state index contributed by atoms with van der Waals surface area (Å²) >= 11 is 3.49. The number of anilines is 2. The van der Waals surface area contributed by atoms with Gasteiger partial charge >= 0.3 is 0 Å². The van der Waals surface area contributed by atoms with E-state index in [9.17, 15) is 0 Å². The zero-order chi connectivity index (χ0) is 13.4. The lowest BCUT2D eigenvalue weighted by molar-refractivity contribution is 0.612. The molecule has 3 rings (SSSR count). The molecule has 0 N–H and O–H groups in total. The summed E-state index contributed by atoms with van der Waals surface area (Å²) in [5.41, 5.74) is 3.93. The summed E-state index contributed by atoms with van der Waals surface area (Å²) in [4.78, 5) is 7.01. The van der Waals surface area contributed by atoms with Crippen molar-refractivity contribution in [3.05, 3.63) is 52.1 Å². The van der Waals surface area contributed by atoms with E-state index in [-0.39, 0.29) is 0 Å². The third kappa shape index (κ3) is 2.27. The Morgan fingerprint density at radius 2 is 2.11 bits per heavy atom. The fraction of sp³-hybridized carbons (Fsp3) is 0.312. The van der Waals surface area contributed by atoms with Crippen molar-refractivity contribution < 1.29 is 0 Å². The van der Waals surface area contributed by atoms with Crippen molar-refractivity contribution in [3.8, 4) is 0 Å². The topological polar surface area (TPSA) is 16.1 Å². The van der Waals surface area contributed by atoms with Gasteiger partial charge < -0.3 is 4.90 Å². The molecule has 0 saturated carbocycles. The van der Waals surface area contributed by atoms with Crippen molar-refractivity contribution in [1.29, 1.82) is 0 Å². The average molecular weight is 317 g/mol. The van der Waals surface area contributed by atoms with Gasteiger partial charge in [-0.15, -0.1) is 0 Å². The monoisotopic (exact) mass is 316 g/mol. The molecule has 19 heavy (non-hydrogen) atoms. The van der Waals surface area contributed by atoms with Gasteiger partial charge in [-0.05, 0) is 65.9 Å². The van der Waals surface area contributed by atoms with E-state index in [1.807, 2.05) is 6.20 Å². The number of nitrogens with zero attached hydrogens (tertiary/aromatic N) is 2. The highest BCUT2D eigenvalue weighted by Crippen LogP contribution is 2.37. The van der Waals surface area contributed by atoms with Gasteiger partial charge in [-0.25, -0.2) is 4.98 Å². The fourth-order valence-corrected chi connectivity index (χ4v) is 3.24. The van der Waals surface area contributed by atoms with E-state index >= 15 is 0 Å². The fourth-order valence-electron chi connectivity index (χ4n) is 2.80. The lowest BCUT2D eigenvalue weighted by Crippen LogP contribution is -2.34. The number of aryl methyl sites for hydroxylation is 2. The quantitative estimate of drug-likeness (QED) is 0.762. The molecule has 2 heterocycles. The van der Waals surface area contributed by atoms with Crippen molar-refractivity contribution in [2.24, 2.45) is 0 Å². The highest BCUT2D eigenvalue weighted by molar-refractivity contribution is 9.10. The predicted octanol–water partition coefficient (Wildman–Crippen LogP) is 4.63. The van der Waals surface area contributed by atoms with Crippen LogP contribution in [0.5, 0.6) is 0 Å². The van der Waals surface area contributed by atoms with E-state index < -0.39 is 0 Å². The predicted molar refractivity (Wildman–Crippen MR) is 83.0 cm³/mol. The van der Waals surface area contributed by atoms with Crippen molar-refractivity contribution in [3.63, 3.8) is 0 Å². The summed E-state index contributed by atoms with van der Waals surface area (Å²) < 4.78 is 1.03. The van der Waals surface area contributed by atoms with Crippen molar-refractivity contribution >= 4 is 27.4 Å². The minimum atomic E-state index is 0.488. The maximum absolute atomic E-state index is 4.63. The zero-order valence-corrected chi connectivity index (χ0v) is 12.8. The molecule has 0 spiro atoms. The van der Waals surface area contributed by atoms with Crippen LogP contribution >= 0.6 is 15.9 Å². The standard InChI is InChI=1S/C16H17BrN2/c1-11-9-14(17)10-18-16(11)19-12(2)7-8-13-5-3-4-6-15(13)19/h3-6,9-10,12H,7-8H2,1-2H3. The number of pyridine rings is 1. The normalized spacial score (nSPS) is 18.3. The minimum absolute atomic E-state index is 0.488. The summed E-state index contributed by atoms with van der Waals surface area (Å²) in [6.45, 7) is 4.40. The lowest BCUT2D eigenvalue weighted by Gasteiger charge is -2.37. The molecule has 1 aliphatic heterocycles. The van der Waals surface area contributed by atoms with E-state index in [0.29, 0.717) is 6.04 Å². The third-order valence-corrected chi connectivity index (χ3v) is 4.20. The molecule has 98 valence electrons. The molecule has 2 aromatic rings. The number of aromatic nitrogens is 1. The van der Waals surface area contributed by atoms with Gasteiger partial charge in [0.1, 0.15) is 5.82 Å². The lowest BCUT2D eigenvalue weighted by atomic mass is 9.96. The molecular formula is C16H17BrN2. The van der Waals surface area contributed by atoms with Gasteiger partial charge in [0.2, 0.25) is 0 Å². The van der Waals surface area contributed by atoms with E-state index in [1.165, 1.54) is 23.2 Å². The first-order valence-electron chi connectivity index (χ1n) is 6.66. The maximum Gasteiger partial charge on any atom is 0.136 e. The van der Waals surface area contributed by atoms with Crippen LogP contribution in [0.25, 0.3) is 0 Å². The molecule has 1 aromatic heterocycles. The van der Waals surface area contributed by atoms with Gasteiger partial charge in [-0.3, -0.25) is 0 Å². The number of para-hydroxylation sites is 1. The molecule has 0 fully saturated rings. The van der Waals surface area contributed by atoms with E-state index in [4.69, 9.17) is 0 Å². The Hall–Kier alpha value is -1.35. The second kappa shape index (κ2) is 4.97. The second-order valence-corrected chi connectivity index (χ2v) is 6.10. The van der Waals surface area contributed by atoms with Crippen LogP contribution in [0, 0.1) is 6.92 Å². The minimum Gasteiger partial charge on any atom is -0.323 e. The molecule has 0 radical (unpaired) electrons. The van der Waals surface area contributed by atoms with Gasteiger partial charge in [0.25, 0.3) is 0 Å². The maximum atomic E-state index is 4.63. The molecule has 2 nitrogen and oxygen atoms in total. The number of rotatable bonds is 1. The summed E-state index contributed by atoms with van der Waals surface area (Å²) in [5.74, 6) is 1.07. The first kappa shape index (κ1) is 12.7. The number of fused-ring (bicyclic) bond motifs is 1. The second-order valence-electron chi connectivity index (χ2n) is 5.18. The molecule has 0 saturated heterocycles. The largest absolute Gasteiger partial charge is 0.323 e. The summed E-state index contributed by atoms with van der Waals surface area (Å²) in [7, 11) is 0. The van der Waals surface area contributed by atoms with Crippen molar-refractivity contribution in [2.45, 2.75) is 32.7 Å². The Morgan fingerprint density at radius 1 is 1.32 bits per heavy atom. The number of halogens is 1. The summed E-state index contributed by atoms with van der Waals surface area (Å²) in [6.07, 6.45) is 4.21. The highest BCUT2D eigenvalue weighted by atomic mass is 79.9. The molecular weight excluding hydrogens is 300 g/mol. The van der Waals surface area contributed by atoms with Crippen molar-refractivity contribution in [1.82, 2.24) is 4.98 Å². The summed E-state index contributed by atoms with van der Waals surface area (Å²) in [5, 5.41) is 0. The number of benzene rings is 1. The molecule has 1 aromatic carbocycles. The third-order valence-electron chi connectivity index (χ3n) is 3.77. The van der Waals surface area contributed by atoms with Crippen LogP contribution in [0.1, 0.15) is 24.5 Å². The van der Waals surface area contributed by atoms with Crippen LogP contribution < -0.4 is 4.90 Å². The van der Waals surface area contributed by atoms with E-state index in [0.717, 1.165) is 16.7 Å². The molecule has 1 aliphatic rings. The highest BCUT2D eigenvalue weighted by Gasteiger charge is 2.25. The average Bonchev–Trinajstić information content (AvgIpc) is 2.40.